The molecule has 2 spiro atoms. The molecule has 0 aromatic heterocycles. The number of amides is 3. The molecule has 4 aliphatic rings. The second-order valence-electron chi connectivity index (χ2n) is 8.86. The summed E-state index contributed by atoms with van der Waals surface area (Å²) in [5, 5.41) is 9.17. The zero-order valence-corrected chi connectivity index (χ0v) is 17.2. The van der Waals surface area contributed by atoms with Crippen LogP contribution in [0.2, 0.25) is 0 Å². The number of likely N-dealkylation sites (tertiary alicyclic amines) is 1. The molecule has 2 unspecified atom stereocenters. The number of carbonyl (C=O) groups is 3. The molecular weight excluding hydrogens is 384 g/mol. The molecule has 1 aromatic carbocycles. The van der Waals surface area contributed by atoms with Gasteiger partial charge in [0.05, 0.1) is 23.9 Å². The molecule has 4 saturated heterocycles. The molecular formula is C22H30N4O4. The highest BCUT2D eigenvalue weighted by molar-refractivity contribution is 5.85. The summed E-state index contributed by atoms with van der Waals surface area (Å²) in [5.41, 5.74) is 0.945. The smallest absolute Gasteiger partial charge is 0.410 e. The highest BCUT2D eigenvalue weighted by Crippen LogP contribution is 2.31. The molecule has 4 aliphatic heterocycles. The monoisotopic (exact) mass is 414 g/mol. The summed E-state index contributed by atoms with van der Waals surface area (Å²) in [7, 11) is 0. The van der Waals surface area contributed by atoms with Gasteiger partial charge in [0.2, 0.25) is 11.8 Å². The molecule has 4 fully saturated rings. The van der Waals surface area contributed by atoms with Crippen LogP contribution in [0.15, 0.2) is 30.3 Å². The predicted octanol–water partition coefficient (Wildman–Crippen LogP) is 1.31. The Balaban J connectivity index is 0.000000181. The van der Waals surface area contributed by atoms with Crippen molar-refractivity contribution in [2.75, 3.05) is 26.2 Å². The first-order valence-electron chi connectivity index (χ1n) is 10.8. The number of nitrogens with zero attached hydrogens (tertiary/aromatic N) is 1. The van der Waals surface area contributed by atoms with Crippen molar-refractivity contribution in [3.63, 3.8) is 0 Å². The van der Waals surface area contributed by atoms with E-state index in [0.717, 1.165) is 44.3 Å². The Bertz CT molecular complexity index is 774. The van der Waals surface area contributed by atoms with E-state index in [-0.39, 0.29) is 35.6 Å². The van der Waals surface area contributed by atoms with Gasteiger partial charge in [0.15, 0.2) is 0 Å². The molecule has 4 heterocycles. The maximum absolute atomic E-state index is 12.1. The molecule has 0 saturated carbocycles. The molecule has 3 N–H and O–H groups in total. The quantitative estimate of drug-likeness (QED) is 0.634. The van der Waals surface area contributed by atoms with Crippen LogP contribution in [0, 0.1) is 0 Å². The summed E-state index contributed by atoms with van der Waals surface area (Å²) in [6.45, 7) is 3.63. The van der Waals surface area contributed by atoms with E-state index in [1.807, 2.05) is 30.3 Å². The Kier molecular flexibility index (Phi) is 5.94. The van der Waals surface area contributed by atoms with Crippen molar-refractivity contribution >= 4 is 17.9 Å². The minimum atomic E-state index is -0.297. The van der Waals surface area contributed by atoms with Gasteiger partial charge in [-0.3, -0.25) is 9.59 Å². The first-order chi connectivity index (χ1) is 14.5. The van der Waals surface area contributed by atoms with Gasteiger partial charge in [-0.15, -0.1) is 0 Å². The van der Waals surface area contributed by atoms with Crippen LogP contribution in [-0.2, 0) is 20.9 Å². The minimum absolute atomic E-state index is 0.0736. The van der Waals surface area contributed by atoms with Gasteiger partial charge in [-0.1, -0.05) is 30.3 Å². The van der Waals surface area contributed by atoms with Crippen LogP contribution < -0.4 is 16.0 Å². The number of β-lactam (4-membered cyclic amide) rings is 2. The van der Waals surface area contributed by atoms with E-state index in [0.29, 0.717) is 19.5 Å². The van der Waals surface area contributed by atoms with E-state index in [2.05, 4.69) is 16.0 Å². The van der Waals surface area contributed by atoms with Gasteiger partial charge in [0.25, 0.3) is 0 Å². The molecule has 0 aliphatic carbocycles. The summed E-state index contributed by atoms with van der Waals surface area (Å²) in [6, 6.07) is 9.62. The first kappa shape index (κ1) is 20.7. The van der Waals surface area contributed by atoms with E-state index in [9.17, 15) is 14.4 Å². The summed E-state index contributed by atoms with van der Waals surface area (Å²) in [4.78, 5) is 35.5. The van der Waals surface area contributed by atoms with Gasteiger partial charge in [-0.05, 0) is 37.8 Å². The lowest BCUT2D eigenvalue weighted by Crippen LogP contribution is -2.68. The van der Waals surface area contributed by atoms with Crippen LogP contribution >= 0.6 is 0 Å². The van der Waals surface area contributed by atoms with Crippen LogP contribution in [0.5, 0.6) is 0 Å². The number of benzene rings is 1. The second-order valence-corrected chi connectivity index (χ2v) is 8.86. The van der Waals surface area contributed by atoms with Crippen molar-refractivity contribution in [3.05, 3.63) is 35.9 Å². The fourth-order valence-electron chi connectivity index (χ4n) is 4.74. The minimum Gasteiger partial charge on any atom is -0.445 e. The zero-order chi connectivity index (χ0) is 21.0. The van der Waals surface area contributed by atoms with E-state index in [4.69, 9.17) is 4.74 Å². The number of hydrogen-bond donors (Lipinski definition) is 3. The highest BCUT2D eigenvalue weighted by Gasteiger charge is 2.46. The standard InChI is InChI=1S/C15H18N2O3.C7H12N2O/c18-13-9-15(16-13)7-4-8-17(11-15)14(19)20-10-12-5-2-1-3-6-12;10-6-4-7(9-6)2-1-3-8-5-7/h1-3,5-6H,4,7-11H2,(H,16,18);8H,1-5H2,(H,9,10). The maximum Gasteiger partial charge on any atom is 0.410 e. The number of ether oxygens (including phenoxy) is 1. The molecule has 3 amide bonds. The van der Waals surface area contributed by atoms with Crippen molar-refractivity contribution in [3.8, 4) is 0 Å². The average molecular weight is 415 g/mol. The Hall–Kier alpha value is -2.61. The second kappa shape index (κ2) is 8.63. The largest absolute Gasteiger partial charge is 0.445 e. The summed E-state index contributed by atoms with van der Waals surface area (Å²) in [6.07, 6.45) is 5.16. The van der Waals surface area contributed by atoms with Crippen LogP contribution in [0.4, 0.5) is 4.79 Å². The fourth-order valence-corrected chi connectivity index (χ4v) is 4.74. The van der Waals surface area contributed by atoms with Crippen LogP contribution in [0.1, 0.15) is 44.1 Å². The molecule has 30 heavy (non-hydrogen) atoms. The lowest BCUT2D eigenvalue weighted by Gasteiger charge is -2.48. The molecule has 5 rings (SSSR count). The van der Waals surface area contributed by atoms with Gasteiger partial charge < -0.3 is 25.6 Å². The third kappa shape index (κ3) is 4.75. The summed E-state index contributed by atoms with van der Waals surface area (Å²) >= 11 is 0. The third-order valence-electron chi connectivity index (χ3n) is 6.32. The summed E-state index contributed by atoms with van der Waals surface area (Å²) in [5.74, 6) is 0.285. The lowest BCUT2D eigenvalue weighted by atomic mass is 9.80. The highest BCUT2D eigenvalue weighted by atomic mass is 16.6. The van der Waals surface area contributed by atoms with Crippen molar-refractivity contribution < 1.29 is 19.1 Å². The molecule has 2 atom stereocenters. The predicted molar refractivity (Wildman–Crippen MR) is 111 cm³/mol. The normalized spacial score (nSPS) is 29.7. The Labute approximate surface area is 176 Å². The Morgan fingerprint density at radius 1 is 1.00 bits per heavy atom. The van der Waals surface area contributed by atoms with Crippen LogP contribution in [0.3, 0.4) is 0 Å². The number of hydrogen-bond acceptors (Lipinski definition) is 5. The number of rotatable bonds is 2. The number of piperidine rings is 2. The van der Waals surface area contributed by atoms with Crippen LogP contribution in [0.25, 0.3) is 0 Å². The van der Waals surface area contributed by atoms with Gasteiger partial charge in [-0.2, -0.15) is 0 Å². The van der Waals surface area contributed by atoms with Crippen molar-refractivity contribution in [2.24, 2.45) is 0 Å². The van der Waals surface area contributed by atoms with Gasteiger partial charge in [-0.25, -0.2) is 4.79 Å². The van der Waals surface area contributed by atoms with Crippen LogP contribution in [-0.4, -0.2) is 60.1 Å². The molecule has 8 heteroatoms. The van der Waals surface area contributed by atoms with E-state index < -0.39 is 0 Å². The summed E-state index contributed by atoms with van der Waals surface area (Å²) < 4.78 is 5.33. The van der Waals surface area contributed by atoms with Crippen molar-refractivity contribution in [1.29, 1.82) is 0 Å². The lowest BCUT2D eigenvalue weighted by molar-refractivity contribution is -0.135. The van der Waals surface area contributed by atoms with Crippen molar-refractivity contribution in [1.82, 2.24) is 20.9 Å². The van der Waals surface area contributed by atoms with Crippen molar-refractivity contribution in [2.45, 2.75) is 56.2 Å². The number of carbonyl (C=O) groups excluding carboxylic acids is 3. The van der Waals surface area contributed by atoms with Gasteiger partial charge in [0, 0.05) is 19.6 Å². The van der Waals surface area contributed by atoms with Gasteiger partial charge >= 0.3 is 6.09 Å². The molecule has 0 bridgehead atoms. The first-order valence-corrected chi connectivity index (χ1v) is 10.8. The maximum atomic E-state index is 12.1. The molecule has 1 aromatic rings. The average Bonchev–Trinajstić information content (AvgIpc) is 2.72. The Morgan fingerprint density at radius 3 is 2.30 bits per heavy atom. The molecule has 0 radical (unpaired) electrons. The third-order valence-corrected chi connectivity index (χ3v) is 6.32. The number of nitrogens with one attached hydrogen (secondary N) is 3. The topological polar surface area (TPSA) is 99.8 Å². The van der Waals surface area contributed by atoms with E-state index >= 15 is 0 Å². The fraction of sp³-hybridized carbons (Fsp3) is 0.591. The Morgan fingerprint density at radius 2 is 1.67 bits per heavy atom. The zero-order valence-electron chi connectivity index (χ0n) is 17.2. The van der Waals surface area contributed by atoms with Gasteiger partial charge in [0.1, 0.15) is 6.61 Å². The molecule has 8 nitrogen and oxygen atoms in total. The molecule has 162 valence electrons. The van der Waals surface area contributed by atoms with E-state index in [1.165, 1.54) is 6.42 Å². The van der Waals surface area contributed by atoms with E-state index in [1.54, 1.807) is 4.90 Å². The SMILES string of the molecule is O=C1CC2(CCCN(C(=O)OCc3ccccc3)C2)N1.O=C1CC2(CCCNC2)N1.